The molecule has 1 aliphatic heterocycles. The summed E-state index contributed by atoms with van der Waals surface area (Å²) in [5, 5.41) is 3.53. The molecule has 1 atom stereocenters. The Bertz CT molecular complexity index is 680. The number of benzene rings is 1. The van der Waals surface area contributed by atoms with E-state index in [9.17, 15) is 9.18 Å². The molecule has 0 saturated carbocycles. The molecule has 2 heterocycles. The first-order chi connectivity index (χ1) is 10.7. The lowest BCUT2D eigenvalue weighted by atomic mass is 10.0. The summed E-state index contributed by atoms with van der Waals surface area (Å²) < 4.78 is 14.0. The van der Waals surface area contributed by atoms with Crippen LogP contribution in [0.25, 0.3) is 0 Å². The summed E-state index contributed by atoms with van der Waals surface area (Å²) in [7, 11) is 0. The maximum absolute atomic E-state index is 14.0. The summed E-state index contributed by atoms with van der Waals surface area (Å²) in [5.74, 6) is -0.925. The predicted octanol–water partition coefficient (Wildman–Crippen LogP) is 2.66. The van der Waals surface area contributed by atoms with E-state index in [1.54, 1.807) is 17.3 Å². The molecule has 1 aromatic carbocycles. The van der Waals surface area contributed by atoms with Crippen LogP contribution < -0.4 is 5.32 Å². The van der Waals surface area contributed by atoms with Crippen molar-refractivity contribution in [1.29, 1.82) is 0 Å². The first-order valence-corrected chi connectivity index (χ1v) is 7.41. The Morgan fingerprint density at radius 3 is 3.00 bits per heavy atom. The number of piperazine rings is 1. The standard InChI is InChI=1S/C16H15ClFN3O/c17-12-3-4-13(14(18)8-12)16(22)21-7-6-20-10-15(21)11-2-1-5-19-9-11/h1-5,8-9,15,20H,6-7,10H2. The van der Waals surface area contributed by atoms with Crippen LogP contribution in [0.2, 0.25) is 5.02 Å². The zero-order valence-corrected chi connectivity index (χ0v) is 12.6. The number of nitrogens with zero attached hydrogens (tertiary/aromatic N) is 2. The van der Waals surface area contributed by atoms with Crippen molar-refractivity contribution in [3.63, 3.8) is 0 Å². The van der Waals surface area contributed by atoms with Gasteiger partial charge in [0.05, 0.1) is 11.6 Å². The van der Waals surface area contributed by atoms with Crippen molar-refractivity contribution in [3.8, 4) is 0 Å². The van der Waals surface area contributed by atoms with E-state index < -0.39 is 5.82 Å². The Kier molecular flexibility index (Phi) is 4.36. The lowest BCUT2D eigenvalue weighted by Gasteiger charge is -2.36. The van der Waals surface area contributed by atoms with Crippen LogP contribution in [0.3, 0.4) is 0 Å². The first kappa shape index (κ1) is 14.9. The monoisotopic (exact) mass is 319 g/mol. The largest absolute Gasteiger partial charge is 0.329 e. The molecule has 1 aliphatic rings. The van der Waals surface area contributed by atoms with Crippen LogP contribution in [0.5, 0.6) is 0 Å². The number of hydrogen-bond donors (Lipinski definition) is 1. The number of aromatic nitrogens is 1. The highest BCUT2D eigenvalue weighted by Crippen LogP contribution is 2.25. The van der Waals surface area contributed by atoms with Crippen LogP contribution in [0, 0.1) is 5.82 Å². The first-order valence-electron chi connectivity index (χ1n) is 7.03. The van der Waals surface area contributed by atoms with E-state index in [1.165, 1.54) is 12.1 Å². The van der Waals surface area contributed by atoms with E-state index in [-0.39, 0.29) is 22.5 Å². The smallest absolute Gasteiger partial charge is 0.257 e. The van der Waals surface area contributed by atoms with Gasteiger partial charge in [-0.15, -0.1) is 0 Å². The van der Waals surface area contributed by atoms with Crippen molar-refractivity contribution in [2.75, 3.05) is 19.6 Å². The van der Waals surface area contributed by atoms with Crippen LogP contribution in [-0.4, -0.2) is 35.4 Å². The molecule has 0 radical (unpaired) electrons. The van der Waals surface area contributed by atoms with Gasteiger partial charge in [0.25, 0.3) is 5.91 Å². The van der Waals surface area contributed by atoms with Crippen molar-refractivity contribution in [2.24, 2.45) is 0 Å². The minimum Gasteiger partial charge on any atom is -0.329 e. The van der Waals surface area contributed by atoms with Gasteiger partial charge in [-0.05, 0) is 29.8 Å². The van der Waals surface area contributed by atoms with Gasteiger partial charge < -0.3 is 10.2 Å². The molecule has 0 aliphatic carbocycles. The quantitative estimate of drug-likeness (QED) is 0.925. The molecule has 1 saturated heterocycles. The topological polar surface area (TPSA) is 45.2 Å². The molecule has 1 unspecified atom stereocenters. The van der Waals surface area contributed by atoms with E-state index in [4.69, 9.17) is 11.6 Å². The van der Waals surface area contributed by atoms with E-state index in [0.29, 0.717) is 19.6 Å². The van der Waals surface area contributed by atoms with Crippen LogP contribution in [0.4, 0.5) is 4.39 Å². The molecule has 2 aromatic rings. The highest BCUT2D eigenvalue weighted by atomic mass is 35.5. The molecule has 4 nitrogen and oxygen atoms in total. The number of amides is 1. The molecule has 22 heavy (non-hydrogen) atoms. The van der Waals surface area contributed by atoms with Crippen LogP contribution in [-0.2, 0) is 0 Å². The average Bonchev–Trinajstić information content (AvgIpc) is 2.55. The number of rotatable bonds is 2. The molecule has 1 N–H and O–H groups in total. The third-order valence-corrected chi connectivity index (χ3v) is 3.97. The van der Waals surface area contributed by atoms with E-state index in [2.05, 4.69) is 10.3 Å². The highest BCUT2D eigenvalue weighted by molar-refractivity contribution is 6.30. The second kappa shape index (κ2) is 6.42. The maximum atomic E-state index is 14.0. The van der Waals surface area contributed by atoms with Gasteiger partial charge in [-0.25, -0.2) is 4.39 Å². The second-order valence-corrected chi connectivity index (χ2v) is 5.57. The van der Waals surface area contributed by atoms with Crippen LogP contribution in [0.15, 0.2) is 42.7 Å². The zero-order chi connectivity index (χ0) is 15.5. The van der Waals surface area contributed by atoms with Crippen molar-refractivity contribution in [2.45, 2.75) is 6.04 Å². The number of pyridine rings is 1. The maximum Gasteiger partial charge on any atom is 0.257 e. The van der Waals surface area contributed by atoms with Gasteiger partial charge in [0.15, 0.2) is 0 Å². The van der Waals surface area contributed by atoms with E-state index in [1.807, 2.05) is 12.1 Å². The Labute approximate surface area is 132 Å². The summed E-state index contributed by atoms with van der Waals surface area (Å²) in [6.07, 6.45) is 3.42. The SMILES string of the molecule is O=C(c1ccc(Cl)cc1F)N1CCNCC1c1cccnc1. The van der Waals surface area contributed by atoms with Crippen molar-refractivity contribution in [3.05, 3.63) is 64.7 Å². The van der Waals surface area contributed by atoms with Gasteiger partial charge in [0.1, 0.15) is 5.82 Å². The Hall–Kier alpha value is -1.98. The van der Waals surface area contributed by atoms with E-state index in [0.717, 1.165) is 11.6 Å². The van der Waals surface area contributed by atoms with Crippen LogP contribution in [0.1, 0.15) is 22.0 Å². The fraction of sp³-hybridized carbons (Fsp3) is 0.250. The molecule has 6 heteroatoms. The Balaban J connectivity index is 1.92. The summed E-state index contributed by atoms with van der Waals surface area (Å²) in [5.41, 5.74) is 0.970. The number of halogens is 2. The number of nitrogens with one attached hydrogen (secondary N) is 1. The molecule has 0 spiro atoms. The van der Waals surface area contributed by atoms with Gasteiger partial charge in [-0.3, -0.25) is 9.78 Å². The summed E-state index contributed by atoms with van der Waals surface area (Å²) >= 11 is 5.75. The Morgan fingerprint density at radius 2 is 2.27 bits per heavy atom. The molecule has 3 rings (SSSR count). The minimum absolute atomic E-state index is 0.0418. The van der Waals surface area contributed by atoms with Crippen LogP contribution >= 0.6 is 11.6 Å². The highest BCUT2D eigenvalue weighted by Gasteiger charge is 2.30. The van der Waals surface area contributed by atoms with Crippen molar-refractivity contribution >= 4 is 17.5 Å². The fourth-order valence-corrected chi connectivity index (χ4v) is 2.79. The van der Waals surface area contributed by atoms with E-state index >= 15 is 0 Å². The lowest BCUT2D eigenvalue weighted by molar-refractivity contribution is 0.0629. The second-order valence-electron chi connectivity index (χ2n) is 5.13. The molecular formula is C16H15ClFN3O. The van der Waals surface area contributed by atoms with Crippen molar-refractivity contribution < 1.29 is 9.18 Å². The number of carbonyl (C=O) groups excluding carboxylic acids is 1. The van der Waals surface area contributed by atoms with Gasteiger partial charge in [0.2, 0.25) is 0 Å². The summed E-state index contributed by atoms with van der Waals surface area (Å²) in [4.78, 5) is 18.5. The van der Waals surface area contributed by atoms with Gasteiger partial charge >= 0.3 is 0 Å². The zero-order valence-electron chi connectivity index (χ0n) is 11.8. The van der Waals surface area contributed by atoms with Crippen molar-refractivity contribution in [1.82, 2.24) is 15.2 Å². The lowest BCUT2D eigenvalue weighted by Crippen LogP contribution is -2.48. The third-order valence-electron chi connectivity index (χ3n) is 3.73. The third kappa shape index (κ3) is 2.96. The number of carbonyl (C=O) groups is 1. The molecule has 0 bridgehead atoms. The molecule has 1 fully saturated rings. The summed E-state index contributed by atoms with van der Waals surface area (Å²) in [6.45, 7) is 1.81. The average molecular weight is 320 g/mol. The molecule has 1 aromatic heterocycles. The number of hydrogen-bond acceptors (Lipinski definition) is 3. The van der Waals surface area contributed by atoms with Gasteiger partial charge in [-0.2, -0.15) is 0 Å². The normalized spacial score (nSPS) is 18.3. The molecule has 114 valence electrons. The van der Waals surface area contributed by atoms with Gasteiger partial charge in [0, 0.05) is 37.1 Å². The molecule has 1 amide bonds. The van der Waals surface area contributed by atoms with Gasteiger partial charge in [-0.1, -0.05) is 17.7 Å². The fourth-order valence-electron chi connectivity index (χ4n) is 2.64. The Morgan fingerprint density at radius 1 is 1.41 bits per heavy atom. The summed E-state index contributed by atoms with van der Waals surface area (Å²) in [6, 6.07) is 7.71. The predicted molar refractivity (Wildman–Crippen MR) is 82.3 cm³/mol. The minimum atomic E-state index is -0.596. The molecular weight excluding hydrogens is 305 g/mol.